The van der Waals surface area contributed by atoms with E-state index in [4.69, 9.17) is 0 Å². The van der Waals surface area contributed by atoms with Crippen LogP contribution in [0.4, 0.5) is 0 Å². The van der Waals surface area contributed by atoms with E-state index < -0.39 is 0 Å². The van der Waals surface area contributed by atoms with Gasteiger partial charge in [0, 0.05) is 12.6 Å². The van der Waals surface area contributed by atoms with Crippen molar-refractivity contribution in [2.45, 2.75) is 64.0 Å². The molecule has 0 bridgehead atoms. The molecule has 2 fully saturated rings. The summed E-state index contributed by atoms with van der Waals surface area (Å²) >= 11 is 0. The largest absolute Gasteiger partial charge is 0.334 e. The van der Waals surface area contributed by atoms with E-state index in [2.05, 4.69) is 22.6 Å². The number of hydrogen-bond donors (Lipinski definition) is 1. The SMILES string of the molecule is CCN(C(=O)c1cn(C2CCNCC2)nn1)C1CCCCC1.Cl. The lowest BCUT2D eigenvalue weighted by molar-refractivity contribution is 0.0641. The lowest BCUT2D eigenvalue weighted by Gasteiger charge is -2.33. The van der Waals surface area contributed by atoms with Crippen molar-refractivity contribution in [3.8, 4) is 0 Å². The maximum Gasteiger partial charge on any atom is 0.276 e. The molecule has 1 aromatic heterocycles. The molecule has 0 aromatic carbocycles. The molecular weight excluding hydrogens is 314 g/mol. The van der Waals surface area contributed by atoms with Crippen molar-refractivity contribution in [3.63, 3.8) is 0 Å². The molecule has 0 unspecified atom stereocenters. The van der Waals surface area contributed by atoms with Crippen LogP contribution in [0.3, 0.4) is 0 Å². The van der Waals surface area contributed by atoms with Gasteiger partial charge in [-0.05, 0) is 45.7 Å². The maximum absolute atomic E-state index is 12.8. The zero-order valence-electron chi connectivity index (χ0n) is 13.9. The molecule has 1 amide bonds. The summed E-state index contributed by atoms with van der Waals surface area (Å²) in [5, 5.41) is 11.7. The van der Waals surface area contributed by atoms with E-state index in [1.165, 1.54) is 19.3 Å². The van der Waals surface area contributed by atoms with Gasteiger partial charge < -0.3 is 10.2 Å². The van der Waals surface area contributed by atoms with Crippen LogP contribution in [-0.4, -0.2) is 51.5 Å². The Morgan fingerprint density at radius 3 is 2.61 bits per heavy atom. The van der Waals surface area contributed by atoms with Crippen molar-refractivity contribution >= 4 is 18.3 Å². The van der Waals surface area contributed by atoms with Crippen molar-refractivity contribution in [2.75, 3.05) is 19.6 Å². The molecule has 1 aliphatic carbocycles. The third kappa shape index (κ3) is 4.23. The van der Waals surface area contributed by atoms with E-state index in [9.17, 15) is 4.79 Å². The Balaban J connectivity index is 0.00000192. The second-order valence-corrected chi connectivity index (χ2v) is 6.45. The first-order chi connectivity index (χ1) is 10.8. The Labute approximate surface area is 144 Å². The topological polar surface area (TPSA) is 63.1 Å². The zero-order valence-corrected chi connectivity index (χ0v) is 14.7. The summed E-state index contributed by atoms with van der Waals surface area (Å²) in [7, 11) is 0. The van der Waals surface area contributed by atoms with Crippen LogP contribution in [0.15, 0.2) is 6.20 Å². The van der Waals surface area contributed by atoms with Crippen LogP contribution in [0.1, 0.15) is 68.4 Å². The van der Waals surface area contributed by atoms with Crippen LogP contribution < -0.4 is 5.32 Å². The molecule has 0 spiro atoms. The predicted molar refractivity (Wildman–Crippen MR) is 92.0 cm³/mol. The van der Waals surface area contributed by atoms with Gasteiger partial charge in [0.1, 0.15) is 0 Å². The lowest BCUT2D eigenvalue weighted by atomic mass is 9.94. The van der Waals surface area contributed by atoms with E-state index in [-0.39, 0.29) is 18.3 Å². The molecule has 1 saturated carbocycles. The molecule has 130 valence electrons. The molecule has 7 heteroatoms. The van der Waals surface area contributed by atoms with Gasteiger partial charge in [-0.3, -0.25) is 4.79 Å². The third-order valence-corrected chi connectivity index (χ3v) is 5.03. The molecule has 23 heavy (non-hydrogen) atoms. The van der Waals surface area contributed by atoms with Crippen LogP contribution in [0, 0.1) is 0 Å². The number of piperidine rings is 1. The number of hydrogen-bond acceptors (Lipinski definition) is 4. The van der Waals surface area contributed by atoms with E-state index >= 15 is 0 Å². The van der Waals surface area contributed by atoms with Gasteiger partial charge in [-0.2, -0.15) is 0 Å². The minimum absolute atomic E-state index is 0. The fourth-order valence-corrected chi connectivity index (χ4v) is 3.73. The Hall–Kier alpha value is -1.14. The number of rotatable bonds is 4. The Kier molecular flexibility index (Phi) is 6.84. The Morgan fingerprint density at radius 1 is 1.26 bits per heavy atom. The highest BCUT2D eigenvalue weighted by Gasteiger charge is 2.27. The smallest absolute Gasteiger partial charge is 0.276 e. The number of amides is 1. The number of carbonyl (C=O) groups excluding carboxylic acids is 1. The molecule has 1 aliphatic heterocycles. The second kappa shape index (κ2) is 8.64. The Bertz CT molecular complexity index is 494. The first kappa shape index (κ1) is 18.2. The monoisotopic (exact) mass is 341 g/mol. The fraction of sp³-hybridized carbons (Fsp3) is 0.812. The molecule has 2 aliphatic rings. The standard InChI is InChI=1S/C16H27N5O.ClH/c1-2-20(13-6-4-3-5-7-13)16(22)15-12-21(19-18-15)14-8-10-17-11-9-14;/h12-14,17H,2-11H2,1H3;1H. The van der Waals surface area contributed by atoms with Crippen LogP contribution >= 0.6 is 12.4 Å². The van der Waals surface area contributed by atoms with Crippen LogP contribution in [0.25, 0.3) is 0 Å². The summed E-state index contributed by atoms with van der Waals surface area (Å²) in [5.74, 6) is 0.0505. The molecule has 6 nitrogen and oxygen atoms in total. The van der Waals surface area contributed by atoms with Gasteiger partial charge >= 0.3 is 0 Å². The van der Waals surface area contributed by atoms with Crippen molar-refractivity contribution in [1.82, 2.24) is 25.2 Å². The van der Waals surface area contributed by atoms with E-state index in [1.54, 1.807) is 0 Å². The minimum atomic E-state index is 0. The molecule has 1 saturated heterocycles. The lowest BCUT2D eigenvalue weighted by Crippen LogP contribution is -2.41. The first-order valence-electron chi connectivity index (χ1n) is 8.73. The summed E-state index contributed by atoms with van der Waals surface area (Å²) in [6.07, 6.45) is 9.97. The number of nitrogens with zero attached hydrogens (tertiary/aromatic N) is 4. The summed E-state index contributed by atoms with van der Waals surface area (Å²) in [4.78, 5) is 14.8. The van der Waals surface area contributed by atoms with Gasteiger partial charge in [0.05, 0.1) is 12.2 Å². The van der Waals surface area contributed by atoms with Gasteiger partial charge in [0.25, 0.3) is 5.91 Å². The Morgan fingerprint density at radius 2 is 1.96 bits per heavy atom. The van der Waals surface area contributed by atoms with Gasteiger partial charge in [-0.25, -0.2) is 4.68 Å². The van der Waals surface area contributed by atoms with E-state index in [1.807, 2.05) is 15.8 Å². The second-order valence-electron chi connectivity index (χ2n) is 6.45. The van der Waals surface area contributed by atoms with E-state index in [0.717, 1.165) is 45.3 Å². The van der Waals surface area contributed by atoms with Crippen molar-refractivity contribution in [1.29, 1.82) is 0 Å². The zero-order chi connectivity index (χ0) is 15.4. The van der Waals surface area contributed by atoms with Crippen LogP contribution in [-0.2, 0) is 0 Å². The van der Waals surface area contributed by atoms with Crippen LogP contribution in [0.5, 0.6) is 0 Å². The van der Waals surface area contributed by atoms with Gasteiger partial charge in [0.15, 0.2) is 5.69 Å². The third-order valence-electron chi connectivity index (χ3n) is 5.03. The van der Waals surface area contributed by atoms with Crippen molar-refractivity contribution in [3.05, 3.63) is 11.9 Å². The van der Waals surface area contributed by atoms with Crippen LogP contribution in [0.2, 0.25) is 0 Å². The molecule has 0 atom stereocenters. The number of aromatic nitrogens is 3. The van der Waals surface area contributed by atoms with Gasteiger partial charge in [-0.15, -0.1) is 17.5 Å². The average molecular weight is 342 g/mol. The number of halogens is 1. The normalized spacial score (nSPS) is 20.0. The molecule has 1 N–H and O–H groups in total. The average Bonchev–Trinajstić information content (AvgIpc) is 3.07. The highest BCUT2D eigenvalue weighted by molar-refractivity contribution is 5.92. The number of carbonyl (C=O) groups is 1. The molecule has 2 heterocycles. The highest BCUT2D eigenvalue weighted by Crippen LogP contribution is 2.24. The summed E-state index contributed by atoms with van der Waals surface area (Å²) in [6.45, 7) is 4.83. The van der Waals surface area contributed by atoms with Crippen molar-refractivity contribution < 1.29 is 4.79 Å². The molecular formula is C16H28ClN5O. The number of nitrogens with one attached hydrogen (secondary N) is 1. The quantitative estimate of drug-likeness (QED) is 0.913. The van der Waals surface area contributed by atoms with Gasteiger partial charge in [0.2, 0.25) is 0 Å². The highest BCUT2D eigenvalue weighted by atomic mass is 35.5. The van der Waals surface area contributed by atoms with Crippen molar-refractivity contribution in [2.24, 2.45) is 0 Å². The maximum atomic E-state index is 12.8. The molecule has 0 radical (unpaired) electrons. The molecule has 1 aromatic rings. The van der Waals surface area contributed by atoms with E-state index in [0.29, 0.717) is 17.8 Å². The summed E-state index contributed by atoms with van der Waals surface area (Å²) in [6, 6.07) is 0.760. The predicted octanol–water partition coefficient (Wildman–Crippen LogP) is 2.42. The first-order valence-corrected chi connectivity index (χ1v) is 8.73. The van der Waals surface area contributed by atoms with Gasteiger partial charge in [-0.1, -0.05) is 24.5 Å². The minimum Gasteiger partial charge on any atom is -0.334 e. The molecule has 3 rings (SSSR count). The fourth-order valence-electron chi connectivity index (χ4n) is 3.73. The summed E-state index contributed by atoms with van der Waals surface area (Å²) in [5.41, 5.74) is 0.506. The summed E-state index contributed by atoms with van der Waals surface area (Å²) < 4.78 is 1.89.